The maximum Gasteiger partial charge on any atom is 0.340 e. The summed E-state index contributed by atoms with van der Waals surface area (Å²) in [6, 6.07) is 8.88. The molecule has 24 heavy (non-hydrogen) atoms. The first kappa shape index (κ1) is 17.6. The minimum atomic E-state index is -0.610. The smallest absolute Gasteiger partial charge is 0.340 e. The number of nitrogens with one attached hydrogen (secondary N) is 1. The lowest BCUT2D eigenvalue weighted by atomic mass is 10.1. The number of esters is 1. The Balaban J connectivity index is 2.35. The molecule has 0 atom stereocenters. The predicted octanol–water partition coefficient (Wildman–Crippen LogP) is 3.70. The van der Waals surface area contributed by atoms with Crippen LogP contribution in [0.1, 0.15) is 26.3 Å². The summed E-state index contributed by atoms with van der Waals surface area (Å²) < 4.78 is 5.33. The largest absolute Gasteiger partial charge is 0.465 e. The Kier molecular flexibility index (Phi) is 5.30. The van der Waals surface area contributed by atoms with Crippen LogP contribution in [0, 0.1) is 17.0 Å². The molecule has 0 bridgehead atoms. The highest BCUT2D eigenvalue weighted by molar-refractivity contribution is 9.10. The Bertz CT molecular complexity index is 835. The first-order valence-corrected chi connectivity index (χ1v) is 7.57. The molecule has 2 aromatic rings. The van der Waals surface area contributed by atoms with Crippen LogP contribution in [0.3, 0.4) is 0 Å². The van der Waals surface area contributed by atoms with Gasteiger partial charge in [-0.15, -0.1) is 0 Å². The van der Waals surface area contributed by atoms with E-state index >= 15 is 0 Å². The number of nitro benzene ring substituents is 1. The van der Waals surface area contributed by atoms with Crippen molar-refractivity contribution in [2.75, 3.05) is 12.4 Å². The molecule has 1 amide bonds. The molecule has 8 heteroatoms. The molecular formula is C16H13BrN2O5. The Morgan fingerprint density at radius 3 is 2.54 bits per heavy atom. The van der Waals surface area contributed by atoms with Gasteiger partial charge in [0.1, 0.15) is 0 Å². The van der Waals surface area contributed by atoms with Crippen LogP contribution < -0.4 is 5.32 Å². The molecule has 7 nitrogen and oxygen atoms in total. The molecule has 0 saturated carbocycles. The lowest BCUT2D eigenvalue weighted by molar-refractivity contribution is -0.385. The molecule has 0 aromatic heterocycles. The van der Waals surface area contributed by atoms with E-state index in [1.807, 2.05) is 0 Å². The Labute approximate surface area is 145 Å². The molecule has 0 unspecified atom stereocenters. The van der Waals surface area contributed by atoms with E-state index in [9.17, 15) is 19.7 Å². The molecule has 0 spiro atoms. The number of ether oxygens (including phenoxy) is 1. The number of nitrogens with zero attached hydrogens (tertiary/aromatic N) is 1. The number of halogens is 1. The fraction of sp³-hybridized carbons (Fsp3) is 0.125. The molecule has 124 valence electrons. The van der Waals surface area contributed by atoms with Gasteiger partial charge in [-0.1, -0.05) is 22.0 Å². The fourth-order valence-corrected chi connectivity index (χ4v) is 2.41. The zero-order chi connectivity index (χ0) is 17.9. The van der Waals surface area contributed by atoms with Crippen molar-refractivity contribution >= 4 is 39.2 Å². The van der Waals surface area contributed by atoms with Gasteiger partial charge in [-0.2, -0.15) is 0 Å². The molecule has 2 aromatic carbocycles. The van der Waals surface area contributed by atoms with Crippen molar-refractivity contribution < 1.29 is 19.2 Å². The maximum atomic E-state index is 12.4. The van der Waals surface area contributed by atoms with Gasteiger partial charge >= 0.3 is 5.97 Å². The SMILES string of the molecule is COC(=O)c1cc(Br)ccc1NC(=O)c1ccc(C)c([N+](=O)[O-])c1. The minimum absolute atomic E-state index is 0.117. The van der Waals surface area contributed by atoms with E-state index in [0.29, 0.717) is 10.0 Å². The number of aryl methyl sites for hydroxylation is 1. The van der Waals surface area contributed by atoms with Crippen LogP contribution in [-0.4, -0.2) is 23.9 Å². The van der Waals surface area contributed by atoms with E-state index < -0.39 is 16.8 Å². The second-order valence-corrected chi connectivity index (χ2v) is 5.81. The molecule has 0 heterocycles. The second kappa shape index (κ2) is 7.22. The zero-order valence-corrected chi connectivity index (χ0v) is 14.4. The molecule has 0 saturated heterocycles. The number of methoxy groups -OCH3 is 1. The van der Waals surface area contributed by atoms with Gasteiger partial charge in [0.05, 0.1) is 23.3 Å². The summed E-state index contributed by atoms with van der Waals surface area (Å²) in [6.45, 7) is 1.59. The number of nitro groups is 1. The number of hydrogen-bond donors (Lipinski definition) is 1. The van der Waals surface area contributed by atoms with Crippen LogP contribution in [0.5, 0.6) is 0 Å². The topological polar surface area (TPSA) is 98.5 Å². The molecule has 0 aliphatic heterocycles. The van der Waals surface area contributed by atoms with Crippen LogP contribution >= 0.6 is 15.9 Å². The molecule has 2 rings (SSSR count). The fourth-order valence-electron chi connectivity index (χ4n) is 2.05. The van der Waals surface area contributed by atoms with Gasteiger partial charge in [-0.05, 0) is 31.2 Å². The van der Waals surface area contributed by atoms with Gasteiger partial charge in [-0.25, -0.2) is 4.79 Å². The van der Waals surface area contributed by atoms with Crippen molar-refractivity contribution in [3.8, 4) is 0 Å². The van der Waals surface area contributed by atoms with Gasteiger partial charge in [0.15, 0.2) is 0 Å². The predicted molar refractivity (Wildman–Crippen MR) is 91.3 cm³/mol. The lowest BCUT2D eigenvalue weighted by Crippen LogP contribution is -2.15. The average molecular weight is 393 g/mol. The summed E-state index contributed by atoms with van der Waals surface area (Å²) in [5.41, 5.74) is 0.841. The summed E-state index contributed by atoms with van der Waals surface area (Å²) in [5, 5.41) is 13.6. The highest BCUT2D eigenvalue weighted by atomic mass is 79.9. The number of carbonyl (C=O) groups is 2. The Morgan fingerprint density at radius 2 is 1.92 bits per heavy atom. The highest BCUT2D eigenvalue weighted by Crippen LogP contribution is 2.24. The summed E-state index contributed by atoms with van der Waals surface area (Å²) >= 11 is 3.24. The van der Waals surface area contributed by atoms with Crippen molar-refractivity contribution in [3.05, 3.63) is 67.7 Å². The molecular weight excluding hydrogens is 380 g/mol. The Morgan fingerprint density at radius 1 is 1.21 bits per heavy atom. The molecule has 0 radical (unpaired) electrons. The van der Waals surface area contributed by atoms with E-state index in [1.54, 1.807) is 13.0 Å². The van der Waals surface area contributed by atoms with E-state index in [4.69, 9.17) is 0 Å². The van der Waals surface area contributed by atoms with Crippen LogP contribution in [0.2, 0.25) is 0 Å². The van der Waals surface area contributed by atoms with E-state index in [-0.39, 0.29) is 22.5 Å². The summed E-state index contributed by atoms with van der Waals surface area (Å²) in [5.74, 6) is -1.17. The highest BCUT2D eigenvalue weighted by Gasteiger charge is 2.18. The summed E-state index contributed by atoms with van der Waals surface area (Å²) in [6.07, 6.45) is 0. The van der Waals surface area contributed by atoms with Crippen LogP contribution in [0.25, 0.3) is 0 Å². The number of carbonyl (C=O) groups excluding carboxylic acids is 2. The average Bonchev–Trinajstić information content (AvgIpc) is 2.55. The monoisotopic (exact) mass is 392 g/mol. The third-order valence-electron chi connectivity index (χ3n) is 3.30. The van der Waals surface area contributed by atoms with Crippen molar-refractivity contribution in [2.45, 2.75) is 6.92 Å². The Hall–Kier alpha value is -2.74. The van der Waals surface area contributed by atoms with Crippen LogP contribution in [-0.2, 0) is 4.74 Å². The van der Waals surface area contributed by atoms with Gasteiger partial charge in [0, 0.05) is 21.7 Å². The maximum absolute atomic E-state index is 12.4. The normalized spacial score (nSPS) is 10.1. The van der Waals surface area contributed by atoms with Gasteiger partial charge in [0.2, 0.25) is 0 Å². The van der Waals surface area contributed by atoms with Gasteiger partial charge in [0.25, 0.3) is 11.6 Å². The number of rotatable bonds is 4. The second-order valence-electron chi connectivity index (χ2n) is 4.89. The third kappa shape index (κ3) is 3.77. The van der Waals surface area contributed by atoms with Crippen LogP contribution in [0.15, 0.2) is 40.9 Å². The first-order valence-electron chi connectivity index (χ1n) is 6.77. The molecule has 0 aliphatic carbocycles. The lowest BCUT2D eigenvalue weighted by Gasteiger charge is -2.10. The van der Waals surface area contributed by atoms with Crippen molar-refractivity contribution in [3.63, 3.8) is 0 Å². The summed E-state index contributed by atoms with van der Waals surface area (Å²) in [7, 11) is 1.23. The number of hydrogen-bond acceptors (Lipinski definition) is 5. The van der Waals surface area contributed by atoms with Gasteiger partial charge in [-0.3, -0.25) is 14.9 Å². The van der Waals surface area contributed by atoms with E-state index in [1.165, 1.54) is 37.4 Å². The first-order chi connectivity index (χ1) is 11.3. The zero-order valence-electron chi connectivity index (χ0n) is 12.8. The van der Waals surface area contributed by atoms with E-state index in [2.05, 4.69) is 26.0 Å². The molecule has 0 fully saturated rings. The third-order valence-corrected chi connectivity index (χ3v) is 3.80. The van der Waals surface area contributed by atoms with Gasteiger partial charge < -0.3 is 10.1 Å². The molecule has 1 N–H and O–H groups in total. The summed E-state index contributed by atoms with van der Waals surface area (Å²) in [4.78, 5) is 34.6. The van der Waals surface area contributed by atoms with Crippen molar-refractivity contribution in [1.82, 2.24) is 0 Å². The van der Waals surface area contributed by atoms with Crippen molar-refractivity contribution in [2.24, 2.45) is 0 Å². The van der Waals surface area contributed by atoms with E-state index in [0.717, 1.165) is 0 Å². The minimum Gasteiger partial charge on any atom is -0.465 e. The number of benzene rings is 2. The number of anilines is 1. The number of amides is 1. The van der Waals surface area contributed by atoms with Crippen molar-refractivity contribution in [1.29, 1.82) is 0 Å². The standard InChI is InChI=1S/C16H13BrN2O5/c1-9-3-4-10(7-14(9)19(22)23)15(20)18-13-6-5-11(17)8-12(13)16(21)24-2/h3-8H,1-2H3,(H,18,20). The van der Waals surface area contributed by atoms with Crippen LogP contribution in [0.4, 0.5) is 11.4 Å². The molecule has 0 aliphatic rings. The quantitative estimate of drug-likeness (QED) is 0.485.